The van der Waals surface area contributed by atoms with Gasteiger partial charge in [0.1, 0.15) is 10.4 Å². The Labute approximate surface area is 83.7 Å². The minimum absolute atomic E-state index is 0.205. The molecule has 0 amide bonds. The van der Waals surface area contributed by atoms with E-state index in [-0.39, 0.29) is 5.82 Å². The molecule has 0 aliphatic carbocycles. The molecule has 3 heteroatoms. The van der Waals surface area contributed by atoms with Crippen LogP contribution in [0.2, 0.25) is 0 Å². The molecule has 0 saturated carbocycles. The first-order valence-corrected chi connectivity index (χ1v) is 4.69. The molecular formula is C10H7BrFN. The predicted molar refractivity (Wildman–Crippen MR) is 54.1 cm³/mol. The summed E-state index contributed by atoms with van der Waals surface area (Å²) in [6.07, 6.45) is 0. The standard InChI is InChI=1S/C10H7BrFN/c1-6-5-8-7(10(11)13-6)3-2-4-9(8)12/h2-5H,1H3. The summed E-state index contributed by atoms with van der Waals surface area (Å²) < 4.78 is 14.0. The molecule has 1 nitrogen and oxygen atoms in total. The quantitative estimate of drug-likeness (QED) is 0.642. The number of aryl methyl sites for hydroxylation is 1. The van der Waals surface area contributed by atoms with E-state index >= 15 is 0 Å². The summed E-state index contributed by atoms with van der Waals surface area (Å²) in [6.45, 7) is 1.84. The first-order valence-electron chi connectivity index (χ1n) is 3.90. The number of hydrogen-bond donors (Lipinski definition) is 0. The minimum Gasteiger partial charge on any atom is -0.246 e. The number of aromatic nitrogens is 1. The number of nitrogens with zero attached hydrogens (tertiary/aromatic N) is 1. The van der Waals surface area contributed by atoms with Crippen LogP contribution >= 0.6 is 15.9 Å². The van der Waals surface area contributed by atoms with Gasteiger partial charge in [0, 0.05) is 16.5 Å². The number of fused-ring (bicyclic) bond motifs is 1. The molecular weight excluding hydrogens is 233 g/mol. The van der Waals surface area contributed by atoms with E-state index in [9.17, 15) is 4.39 Å². The summed E-state index contributed by atoms with van der Waals surface area (Å²) in [5.74, 6) is -0.205. The number of hydrogen-bond acceptors (Lipinski definition) is 1. The summed E-state index contributed by atoms with van der Waals surface area (Å²) in [5.41, 5.74) is 0.810. The molecule has 0 aliphatic rings. The molecule has 66 valence electrons. The van der Waals surface area contributed by atoms with E-state index in [1.54, 1.807) is 12.1 Å². The molecule has 13 heavy (non-hydrogen) atoms. The first-order chi connectivity index (χ1) is 6.18. The molecule has 0 radical (unpaired) electrons. The minimum atomic E-state index is -0.205. The van der Waals surface area contributed by atoms with Crippen LogP contribution in [0.1, 0.15) is 5.69 Å². The van der Waals surface area contributed by atoms with E-state index in [0.717, 1.165) is 11.1 Å². The van der Waals surface area contributed by atoms with Crippen molar-refractivity contribution in [2.24, 2.45) is 0 Å². The van der Waals surface area contributed by atoms with E-state index in [4.69, 9.17) is 0 Å². The highest BCUT2D eigenvalue weighted by Crippen LogP contribution is 2.24. The maximum atomic E-state index is 13.3. The molecule has 0 unspecified atom stereocenters. The maximum Gasteiger partial charge on any atom is 0.131 e. The summed E-state index contributed by atoms with van der Waals surface area (Å²) >= 11 is 3.30. The molecule has 0 spiro atoms. The molecule has 1 aromatic carbocycles. The summed E-state index contributed by atoms with van der Waals surface area (Å²) in [4.78, 5) is 4.19. The second-order valence-electron chi connectivity index (χ2n) is 2.89. The fourth-order valence-electron chi connectivity index (χ4n) is 1.32. The van der Waals surface area contributed by atoms with Gasteiger partial charge in [-0.05, 0) is 35.0 Å². The molecule has 0 bridgehead atoms. The van der Waals surface area contributed by atoms with Gasteiger partial charge in [0.05, 0.1) is 0 Å². The lowest BCUT2D eigenvalue weighted by atomic mass is 10.1. The van der Waals surface area contributed by atoms with E-state index < -0.39 is 0 Å². The molecule has 0 atom stereocenters. The van der Waals surface area contributed by atoms with Gasteiger partial charge in [-0.2, -0.15) is 0 Å². The SMILES string of the molecule is Cc1cc2c(F)cccc2c(Br)n1. The Hall–Kier alpha value is -0.960. The second kappa shape index (κ2) is 3.07. The van der Waals surface area contributed by atoms with Gasteiger partial charge in [-0.1, -0.05) is 12.1 Å². The van der Waals surface area contributed by atoms with Crippen molar-refractivity contribution in [1.82, 2.24) is 4.98 Å². The van der Waals surface area contributed by atoms with Gasteiger partial charge in [0.15, 0.2) is 0 Å². The third kappa shape index (κ3) is 1.44. The largest absolute Gasteiger partial charge is 0.246 e. The van der Waals surface area contributed by atoms with Gasteiger partial charge in [-0.15, -0.1) is 0 Å². The maximum absolute atomic E-state index is 13.3. The predicted octanol–water partition coefficient (Wildman–Crippen LogP) is 3.44. The second-order valence-corrected chi connectivity index (χ2v) is 3.64. The van der Waals surface area contributed by atoms with Crippen LogP contribution in [0.25, 0.3) is 10.8 Å². The molecule has 0 N–H and O–H groups in total. The highest BCUT2D eigenvalue weighted by Gasteiger charge is 2.04. The van der Waals surface area contributed by atoms with Crippen molar-refractivity contribution in [1.29, 1.82) is 0 Å². The number of benzene rings is 1. The Balaban J connectivity index is 2.94. The normalized spacial score (nSPS) is 10.7. The summed E-state index contributed by atoms with van der Waals surface area (Å²) in [5, 5.41) is 1.42. The average molecular weight is 240 g/mol. The van der Waals surface area contributed by atoms with E-state index in [1.165, 1.54) is 6.07 Å². The third-order valence-electron chi connectivity index (χ3n) is 1.90. The summed E-state index contributed by atoms with van der Waals surface area (Å²) in [6, 6.07) is 6.72. The van der Waals surface area contributed by atoms with E-state index in [2.05, 4.69) is 20.9 Å². The Morgan fingerprint density at radius 2 is 2.08 bits per heavy atom. The van der Waals surface area contributed by atoms with Crippen LogP contribution in [0.4, 0.5) is 4.39 Å². The van der Waals surface area contributed by atoms with Crippen LogP contribution in [-0.2, 0) is 0 Å². The zero-order valence-electron chi connectivity index (χ0n) is 7.01. The van der Waals surface area contributed by atoms with Crippen molar-refractivity contribution in [3.05, 3.63) is 40.4 Å². The van der Waals surface area contributed by atoms with Crippen molar-refractivity contribution >= 4 is 26.7 Å². The van der Waals surface area contributed by atoms with Crippen LogP contribution in [0.3, 0.4) is 0 Å². The zero-order chi connectivity index (χ0) is 9.42. The monoisotopic (exact) mass is 239 g/mol. The van der Waals surface area contributed by atoms with Gasteiger partial charge >= 0.3 is 0 Å². The van der Waals surface area contributed by atoms with Gasteiger partial charge < -0.3 is 0 Å². The highest BCUT2D eigenvalue weighted by atomic mass is 79.9. The van der Waals surface area contributed by atoms with Gasteiger partial charge in [-0.25, -0.2) is 9.37 Å². The fourth-order valence-corrected chi connectivity index (χ4v) is 1.95. The van der Waals surface area contributed by atoms with Crippen LogP contribution in [0.15, 0.2) is 28.9 Å². The Morgan fingerprint density at radius 3 is 2.85 bits per heavy atom. The molecule has 2 aromatic rings. The number of pyridine rings is 1. The van der Waals surface area contributed by atoms with Crippen LogP contribution in [0, 0.1) is 12.7 Å². The van der Waals surface area contributed by atoms with Crippen molar-refractivity contribution < 1.29 is 4.39 Å². The van der Waals surface area contributed by atoms with Gasteiger partial charge in [0.25, 0.3) is 0 Å². The lowest BCUT2D eigenvalue weighted by molar-refractivity contribution is 0.639. The van der Waals surface area contributed by atoms with Crippen molar-refractivity contribution in [2.45, 2.75) is 6.92 Å². The fraction of sp³-hybridized carbons (Fsp3) is 0.100. The molecule has 1 heterocycles. The van der Waals surface area contributed by atoms with E-state index in [1.807, 2.05) is 13.0 Å². The van der Waals surface area contributed by atoms with Crippen molar-refractivity contribution in [3.8, 4) is 0 Å². The third-order valence-corrected chi connectivity index (χ3v) is 2.51. The smallest absolute Gasteiger partial charge is 0.131 e. The van der Waals surface area contributed by atoms with Gasteiger partial charge in [0.2, 0.25) is 0 Å². The Kier molecular flexibility index (Phi) is 2.04. The van der Waals surface area contributed by atoms with Crippen LogP contribution in [0.5, 0.6) is 0 Å². The summed E-state index contributed by atoms with van der Waals surface area (Å²) in [7, 11) is 0. The highest BCUT2D eigenvalue weighted by molar-refractivity contribution is 9.10. The van der Waals surface area contributed by atoms with Crippen LogP contribution in [-0.4, -0.2) is 4.98 Å². The lowest BCUT2D eigenvalue weighted by Gasteiger charge is -2.02. The Bertz CT molecular complexity index is 468. The molecule has 0 fully saturated rings. The van der Waals surface area contributed by atoms with Crippen molar-refractivity contribution in [3.63, 3.8) is 0 Å². The zero-order valence-corrected chi connectivity index (χ0v) is 8.60. The first kappa shape index (κ1) is 8.63. The van der Waals surface area contributed by atoms with Gasteiger partial charge in [-0.3, -0.25) is 0 Å². The lowest BCUT2D eigenvalue weighted by Crippen LogP contribution is -1.87. The average Bonchev–Trinajstić information content (AvgIpc) is 2.07. The topological polar surface area (TPSA) is 12.9 Å². The molecule has 0 saturated heterocycles. The van der Waals surface area contributed by atoms with Crippen LogP contribution < -0.4 is 0 Å². The van der Waals surface area contributed by atoms with Crippen molar-refractivity contribution in [2.75, 3.05) is 0 Å². The molecule has 0 aliphatic heterocycles. The Morgan fingerprint density at radius 1 is 1.31 bits per heavy atom. The molecule has 2 rings (SSSR count). The van der Waals surface area contributed by atoms with E-state index in [0.29, 0.717) is 9.99 Å². The molecule has 1 aromatic heterocycles. The number of halogens is 2. The number of rotatable bonds is 0.